The number of amides is 1. The molecule has 0 aliphatic heterocycles. The maximum atomic E-state index is 12.2. The lowest BCUT2D eigenvalue weighted by molar-refractivity contribution is -0.123. The van der Waals surface area contributed by atoms with E-state index in [0.717, 1.165) is 10.0 Å². The van der Waals surface area contributed by atoms with Gasteiger partial charge in [-0.2, -0.15) is 0 Å². The lowest BCUT2D eigenvalue weighted by Crippen LogP contribution is -2.30. The van der Waals surface area contributed by atoms with Crippen molar-refractivity contribution in [3.05, 3.63) is 51.8 Å². The number of hydrogen-bond donors (Lipinski definition) is 2. The number of aryl methyl sites for hydroxylation is 1. The highest BCUT2D eigenvalue weighted by Crippen LogP contribution is 2.23. The number of rotatable bonds is 5. The van der Waals surface area contributed by atoms with E-state index in [1.807, 2.05) is 19.1 Å². The van der Waals surface area contributed by atoms with E-state index < -0.39 is 18.0 Å². The molecule has 126 valence electrons. The van der Waals surface area contributed by atoms with Crippen molar-refractivity contribution in [2.24, 2.45) is 0 Å². The number of esters is 1. The van der Waals surface area contributed by atoms with Crippen LogP contribution in [0.4, 0.5) is 5.69 Å². The summed E-state index contributed by atoms with van der Waals surface area (Å²) in [5.74, 6) is -1.32. The molecule has 2 rings (SSSR count). The molecule has 0 radical (unpaired) electrons. The summed E-state index contributed by atoms with van der Waals surface area (Å²) in [5.41, 5.74) is 2.14. The van der Waals surface area contributed by atoms with Gasteiger partial charge >= 0.3 is 5.97 Å². The largest absolute Gasteiger partial charge is 0.448 e. The number of aromatic amines is 1. The summed E-state index contributed by atoms with van der Waals surface area (Å²) in [5, 5.41) is 2.69. The number of anilines is 1. The van der Waals surface area contributed by atoms with Crippen LogP contribution in [0.1, 0.15) is 40.3 Å². The third kappa shape index (κ3) is 4.32. The number of ether oxygens (including phenoxy) is 1. The zero-order chi connectivity index (χ0) is 17.9. The fourth-order valence-electron chi connectivity index (χ4n) is 1.95. The molecule has 0 fully saturated rings. The fourth-order valence-corrected chi connectivity index (χ4v) is 2.54. The van der Waals surface area contributed by atoms with Crippen molar-refractivity contribution in [1.82, 2.24) is 4.98 Å². The van der Waals surface area contributed by atoms with Crippen LogP contribution in [0.2, 0.25) is 0 Å². The van der Waals surface area contributed by atoms with Gasteiger partial charge in [-0.1, -0.05) is 6.07 Å². The van der Waals surface area contributed by atoms with Gasteiger partial charge in [0.05, 0.1) is 5.69 Å². The van der Waals surface area contributed by atoms with Crippen LogP contribution in [-0.4, -0.2) is 28.7 Å². The maximum Gasteiger partial charge on any atom is 0.355 e. The molecular formula is C17H17BrN2O4. The predicted molar refractivity (Wildman–Crippen MR) is 93.2 cm³/mol. The molecule has 1 amide bonds. The molecule has 2 N–H and O–H groups in total. The van der Waals surface area contributed by atoms with Gasteiger partial charge in [0.1, 0.15) is 5.69 Å². The van der Waals surface area contributed by atoms with E-state index in [0.29, 0.717) is 11.3 Å². The number of H-pyrrole nitrogens is 1. The first-order valence-electron chi connectivity index (χ1n) is 7.25. The first-order valence-corrected chi connectivity index (χ1v) is 8.04. The molecule has 1 heterocycles. The van der Waals surface area contributed by atoms with Crippen LogP contribution in [0.3, 0.4) is 0 Å². The summed E-state index contributed by atoms with van der Waals surface area (Å²) >= 11 is 3.37. The van der Waals surface area contributed by atoms with Gasteiger partial charge in [-0.05, 0) is 60.5 Å². The molecule has 0 saturated carbocycles. The number of benzene rings is 1. The molecule has 0 bridgehead atoms. The van der Waals surface area contributed by atoms with Gasteiger partial charge in [-0.15, -0.1) is 0 Å². The Balaban J connectivity index is 2.00. The van der Waals surface area contributed by atoms with Gasteiger partial charge in [-0.3, -0.25) is 9.59 Å². The summed E-state index contributed by atoms with van der Waals surface area (Å²) in [6.07, 6.45) is 0.433. The van der Waals surface area contributed by atoms with Crippen molar-refractivity contribution in [3.63, 3.8) is 0 Å². The van der Waals surface area contributed by atoms with Crippen LogP contribution in [0.15, 0.2) is 34.9 Å². The number of halogens is 1. The van der Waals surface area contributed by atoms with Gasteiger partial charge in [-0.25, -0.2) is 4.79 Å². The van der Waals surface area contributed by atoms with E-state index in [9.17, 15) is 14.4 Å². The van der Waals surface area contributed by atoms with E-state index in [1.165, 1.54) is 26.1 Å². The molecular weight excluding hydrogens is 376 g/mol. The summed E-state index contributed by atoms with van der Waals surface area (Å²) in [6, 6.07) is 6.88. The zero-order valence-electron chi connectivity index (χ0n) is 13.5. The SMILES string of the molecule is CC(=O)c1c[nH]c(C(=O)O[C@H](C)C(=O)Nc2ccc(C)cc2Br)c1. The van der Waals surface area contributed by atoms with Crippen LogP contribution in [-0.2, 0) is 9.53 Å². The first kappa shape index (κ1) is 17.9. The van der Waals surface area contributed by atoms with Crippen molar-refractivity contribution in [2.45, 2.75) is 26.9 Å². The summed E-state index contributed by atoms with van der Waals surface area (Å²) in [6.45, 7) is 4.81. The van der Waals surface area contributed by atoms with Crippen LogP contribution in [0.25, 0.3) is 0 Å². The highest BCUT2D eigenvalue weighted by atomic mass is 79.9. The van der Waals surface area contributed by atoms with E-state index in [-0.39, 0.29) is 11.5 Å². The second-order valence-corrected chi connectivity index (χ2v) is 6.23. The number of ketones is 1. The van der Waals surface area contributed by atoms with Gasteiger partial charge in [0.2, 0.25) is 0 Å². The van der Waals surface area contributed by atoms with E-state index in [1.54, 1.807) is 6.07 Å². The quantitative estimate of drug-likeness (QED) is 0.602. The smallest absolute Gasteiger partial charge is 0.355 e. The monoisotopic (exact) mass is 392 g/mol. The van der Waals surface area contributed by atoms with E-state index >= 15 is 0 Å². The second kappa shape index (κ2) is 7.44. The topological polar surface area (TPSA) is 88.3 Å². The van der Waals surface area contributed by atoms with Crippen molar-refractivity contribution in [1.29, 1.82) is 0 Å². The Kier molecular flexibility index (Phi) is 5.56. The Labute approximate surface area is 147 Å². The highest BCUT2D eigenvalue weighted by Gasteiger charge is 2.21. The van der Waals surface area contributed by atoms with Gasteiger partial charge in [0.15, 0.2) is 11.9 Å². The van der Waals surface area contributed by atoms with Gasteiger partial charge in [0.25, 0.3) is 5.91 Å². The third-order valence-electron chi connectivity index (χ3n) is 3.34. The molecule has 0 unspecified atom stereocenters. The second-order valence-electron chi connectivity index (χ2n) is 5.38. The van der Waals surface area contributed by atoms with Crippen molar-refractivity contribution < 1.29 is 19.1 Å². The Morgan fingerprint density at radius 1 is 1.25 bits per heavy atom. The maximum absolute atomic E-state index is 12.2. The number of nitrogens with one attached hydrogen (secondary N) is 2. The average Bonchev–Trinajstić information content (AvgIpc) is 3.00. The number of carbonyl (C=O) groups excluding carboxylic acids is 3. The molecule has 0 aliphatic carbocycles. The molecule has 0 aliphatic rings. The minimum atomic E-state index is -0.991. The summed E-state index contributed by atoms with van der Waals surface area (Å²) in [4.78, 5) is 38.1. The van der Waals surface area contributed by atoms with Crippen LogP contribution in [0.5, 0.6) is 0 Å². The van der Waals surface area contributed by atoms with Gasteiger partial charge in [0, 0.05) is 16.2 Å². The highest BCUT2D eigenvalue weighted by molar-refractivity contribution is 9.10. The molecule has 1 atom stereocenters. The Morgan fingerprint density at radius 3 is 2.54 bits per heavy atom. The van der Waals surface area contributed by atoms with Crippen molar-refractivity contribution in [2.75, 3.05) is 5.32 Å². The Morgan fingerprint density at radius 2 is 1.96 bits per heavy atom. The van der Waals surface area contributed by atoms with Crippen LogP contribution < -0.4 is 5.32 Å². The number of carbonyl (C=O) groups is 3. The van der Waals surface area contributed by atoms with Crippen molar-refractivity contribution in [3.8, 4) is 0 Å². The Hall–Kier alpha value is -2.41. The Bertz CT molecular complexity index is 798. The predicted octanol–water partition coefficient (Wildman–Crippen LogP) is 3.47. The number of Topliss-reactive ketones (excluding diaryl/α,β-unsaturated/α-hetero) is 1. The molecule has 0 spiro atoms. The molecule has 24 heavy (non-hydrogen) atoms. The average molecular weight is 393 g/mol. The first-order chi connectivity index (χ1) is 11.3. The van der Waals surface area contributed by atoms with Crippen LogP contribution >= 0.6 is 15.9 Å². The number of hydrogen-bond acceptors (Lipinski definition) is 4. The standard InChI is InChI=1S/C17H17BrN2O4/c1-9-4-5-14(13(18)6-9)20-16(22)11(3)24-17(23)15-7-12(8-19-15)10(2)21/h4-8,11,19H,1-3H3,(H,20,22)/t11-/m1/s1. The molecule has 0 saturated heterocycles. The molecule has 2 aromatic rings. The molecule has 7 heteroatoms. The van der Waals surface area contributed by atoms with E-state index in [2.05, 4.69) is 26.2 Å². The molecule has 1 aromatic heterocycles. The minimum absolute atomic E-state index is 0.122. The molecule has 1 aromatic carbocycles. The fraction of sp³-hybridized carbons (Fsp3) is 0.235. The summed E-state index contributed by atoms with van der Waals surface area (Å²) < 4.78 is 5.86. The van der Waals surface area contributed by atoms with Crippen LogP contribution in [0, 0.1) is 6.92 Å². The summed E-state index contributed by atoms with van der Waals surface area (Å²) in [7, 11) is 0. The lowest BCUT2D eigenvalue weighted by Gasteiger charge is -2.14. The van der Waals surface area contributed by atoms with Crippen molar-refractivity contribution >= 4 is 39.3 Å². The zero-order valence-corrected chi connectivity index (χ0v) is 15.1. The number of aromatic nitrogens is 1. The normalized spacial score (nSPS) is 11.7. The van der Waals surface area contributed by atoms with Gasteiger partial charge < -0.3 is 15.0 Å². The minimum Gasteiger partial charge on any atom is -0.448 e. The third-order valence-corrected chi connectivity index (χ3v) is 4.00. The lowest BCUT2D eigenvalue weighted by atomic mass is 10.2. The van der Waals surface area contributed by atoms with E-state index in [4.69, 9.17) is 4.74 Å². The molecule has 6 nitrogen and oxygen atoms in total.